The molecule has 1 aromatic heterocycles. The highest BCUT2D eigenvalue weighted by atomic mass is 35.5. The number of hydrogen-bond donors (Lipinski definition) is 1. The van der Waals surface area contributed by atoms with Crippen LogP contribution in [-0.2, 0) is 13.5 Å². The average Bonchev–Trinajstić information content (AvgIpc) is 2.76. The summed E-state index contributed by atoms with van der Waals surface area (Å²) in [5.74, 6) is 1.03. The Hall–Kier alpha value is -1.84. The van der Waals surface area contributed by atoms with Gasteiger partial charge in [-0.15, -0.1) is 0 Å². The molecule has 0 radical (unpaired) electrons. The van der Waals surface area contributed by atoms with Crippen molar-refractivity contribution in [1.82, 2.24) is 9.55 Å². The lowest BCUT2D eigenvalue weighted by atomic mass is 10.0. The Kier molecular flexibility index (Phi) is 3.70. The van der Waals surface area contributed by atoms with E-state index in [4.69, 9.17) is 17.3 Å². The lowest BCUT2D eigenvalue weighted by Crippen LogP contribution is -2.06. The average molecular weight is 300 g/mol. The second kappa shape index (κ2) is 5.51. The first-order valence-electron chi connectivity index (χ1n) is 7.00. The first-order valence-corrected chi connectivity index (χ1v) is 7.38. The third kappa shape index (κ3) is 2.67. The molecule has 0 aliphatic rings. The summed E-state index contributed by atoms with van der Waals surface area (Å²) in [4.78, 5) is 4.69. The number of rotatable bonds is 3. The minimum absolute atomic E-state index is 0.0534. The van der Waals surface area contributed by atoms with Gasteiger partial charge in [-0.25, -0.2) is 4.98 Å². The monoisotopic (exact) mass is 299 g/mol. The Bertz CT molecular complexity index is 790. The summed E-state index contributed by atoms with van der Waals surface area (Å²) in [6.07, 6.45) is 0.754. The van der Waals surface area contributed by atoms with E-state index in [0.717, 1.165) is 39.4 Å². The molecule has 2 aromatic carbocycles. The van der Waals surface area contributed by atoms with Gasteiger partial charge >= 0.3 is 0 Å². The van der Waals surface area contributed by atoms with Crippen molar-refractivity contribution >= 4 is 22.6 Å². The predicted octanol–water partition coefficient (Wildman–Crippen LogP) is 3.84. The van der Waals surface area contributed by atoms with E-state index in [1.165, 1.54) is 0 Å². The highest BCUT2D eigenvalue weighted by Crippen LogP contribution is 2.24. The molecule has 0 fully saturated rings. The normalized spacial score (nSPS) is 12.8. The highest BCUT2D eigenvalue weighted by molar-refractivity contribution is 6.31. The Morgan fingerprint density at radius 3 is 2.67 bits per heavy atom. The van der Waals surface area contributed by atoms with E-state index in [9.17, 15) is 0 Å². The van der Waals surface area contributed by atoms with Crippen molar-refractivity contribution in [2.24, 2.45) is 12.8 Å². The molecule has 0 aliphatic heterocycles. The molecule has 21 heavy (non-hydrogen) atoms. The molecule has 0 saturated heterocycles. The zero-order valence-corrected chi connectivity index (χ0v) is 12.9. The van der Waals surface area contributed by atoms with Gasteiger partial charge in [-0.1, -0.05) is 35.9 Å². The van der Waals surface area contributed by atoms with Gasteiger partial charge in [0.05, 0.1) is 11.0 Å². The Balaban J connectivity index is 1.95. The molecule has 3 nitrogen and oxygen atoms in total. The van der Waals surface area contributed by atoms with Gasteiger partial charge in [-0.3, -0.25) is 0 Å². The third-order valence-electron chi connectivity index (χ3n) is 3.80. The molecule has 0 spiro atoms. The Labute approximate surface area is 129 Å². The summed E-state index contributed by atoms with van der Waals surface area (Å²) in [6.45, 7) is 1.94. The van der Waals surface area contributed by atoms with Crippen LogP contribution in [0, 0.1) is 0 Å². The van der Waals surface area contributed by atoms with Crippen molar-refractivity contribution in [3.8, 4) is 0 Å². The van der Waals surface area contributed by atoms with Gasteiger partial charge in [-0.05, 0) is 36.2 Å². The van der Waals surface area contributed by atoms with E-state index >= 15 is 0 Å². The first-order chi connectivity index (χ1) is 10.1. The molecule has 1 atom stereocenters. The second-order valence-corrected chi connectivity index (χ2v) is 5.80. The van der Waals surface area contributed by atoms with Crippen LogP contribution in [0.2, 0.25) is 5.02 Å². The van der Waals surface area contributed by atoms with Crippen molar-refractivity contribution < 1.29 is 0 Å². The third-order valence-corrected chi connectivity index (χ3v) is 4.12. The molecule has 1 heterocycles. The van der Waals surface area contributed by atoms with Crippen LogP contribution in [-0.4, -0.2) is 9.55 Å². The SMILES string of the molecule is CC(N)c1ccc(Cc2nc3ccccc3n2C)cc1Cl. The molecule has 0 amide bonds. The van der Waals surface area contributed by atoms with Crippen molar-refractivity contribution in [3.63, 3.8) is 0 Å². The fraction of sp³-hybridized carbons (Fsp3) is 0.235. The van der Waals surface area contributed by atoms with Crippen LogP contribution in [0.25, 0.3) is 11.0 Å². The summed E-state index contributed by atoms with van der Waals surface area (Å²) < 4.78 is 2.13. The quantitative estimate of drug-likeness (QED) is 0.798. The molecule has 1 unspecified atom stereocenters. The van der Waals surface area contributed by atoms with E-state index in [2.05, 4.69) is 21.7 Å². The highest BCUT2D eigenvalue weighted by Gasteiger charge is 2.10. The van der Waals surface area contributed by atoms with Crippen molar-refractivity contribution in [2.45, 2.75) is 19.4 Å². The number of halogens is 1. The Morgan fingerprint density at radius 2 is 2.00 bits per heavy atom. The largest absolute Gasteiger partial charge is 0.331 e. The minimum atomic E-state index is -0.0534. The molecular weight excluding hydrogens is 282 g/mol. The van der Waals surface area contributed by atoms with Crippen LogP contribution >= 0.6 is 11.6 Å². The van der Waals surface area contributed by atoms with Crippen molar-refractivity contribution in [2.75, 3.05) is 0 Å². The molecular formula is C17H18ClN3. The van der Waals surface area contributed by atoms with Gasteiger partial charge < -0.3 is 10.3 Å². The van der Waals surface area contributed by atoms with Crippen LogP contribution in [0.15, 0.2) is 42.5 Å². The fourth-order valence-electron chi connectivity index (χ4n) is 2.59. The van der Waals surface area contributed by atoms with Gasteiger partial charge in [-0.2, -0.15) is 0 Å². The van der Waals surface area contributed by atoms with Gasteiger partial charge in [0.1, 0.15) is 5.82 Å². The van der Waals surface area contributed by atoms with Crippen LogP contribution in [0.5, 0.6) is 0 Å². The molecule has 4 heteroatoms. The number of fused-ring (bicyclic) bond motifs is 1. The molecule has 0 saturated carbocycles. The maximum Gasteiger partial charge on any atom is 0.114 e. The number of nitrogens with two attached hydrogens (primary N) is 1. The van der Waals surface area contributed by atoms with E-state index in [1.54, 1.807) is 0 Å². The maximum atomic E-state index is 6.30. The summed E-state index contributed by atoms with van der Waals surface area (Å²) >= 11 is 6.30. The number of aromatic nitrogens is 2. The van der Waals surface area contributed by atoms with E-state index in [-0.39, 0.29) is 6.04 Å². The zero-order chi connectivity index (χ0) is 15.0. The van der Waals surface area contributed by atoms with Crippen molar-refractivity contribution in [3.05, 3.63) is 64.4 Å². The number of aryl methyl sites for hydroxylation is 1. The summed E-state index contributed by atoms with van der Waals surface area (Å²) in [5.41, 5.74) is 10.2. The van der Waals surface area contributed by atoms with Crippen LogP contribution in [0.3, 0.4) is 0 Å². The lowest BCUT2D eigenvalue weighted by molar-refractivity contribution is 0.814. The topological polar surface area (TPSA) is 43.8 Å². The number of nitrogens with zero attached hydrogens (tertiary/aromatic N) is 2. The molecule has 0 bridgehead atoms. The van der Waals surface area contributed by atoms with Crippen LogP contribution in [0.4, 0.5) is 0 Å². The smallest absolute Gasteiger partial charge is 0.114 e. The maximum absolute atomic E-state index is 6.30. The molecule has 3 aromatic rings. The summed E-state index contributed by atoms with van der Waals surface area (Å²) in [5, 5.41) is 0.723. The molecule has 108 valence electrons. The first kappa shape index (κ1) is 14.1. The predicted molar refractivity (Wildman–Crippen MR) is 87.6 cm³/mol. The Morgan fingerprint density at radius 1 is 1.24 bits per heavy atom. The molecule has 2 N–H and O–H groups in total. The van der Waals surface area contributed by atoms with Gasteiger partial charge in [0.2, 0.25) is 0 Å². The fourth-order valence-corrected chi connectivity index (χ4v) is 2.96. The van der Waals surface area contributed by atoms with Gasteiger partial charge in [0, 0.05) is 24.5 Å². The van der Waals surface area contributed by atoms with E-state index in [0.29, 0.717) is 0 Å². The number of hydrogen-bond acceptors (Lipinski definition) is 2. The zero-order valence-electron chi connectivity index (χ0n) is 12.2. The van der Waals surface area contributed by atoms with Crippen LogP contribution in [0.1, 0.15) is 29.9 Å². The summed E-state index contributed by atoms with van der Waals surface area (Å²) in [6, 6.07) is 14.2. The van der Waals surface area contributed by atoms with Gasteiger partial charge in [0.15, 0.2) is 0 Å². The van der Waals surface area contributed by atoms with Crippen LogP contribution < -0.4 is 5.73 Å². The number of imidazole rings is 1. The second-order valence-electron chi connectivity index (χ2n) is 5.40. The van der Waals surface area contributed by atoms with E-state index in [1.807, 2.05) is 44.3 Å². The van der Waals surface area contributed by atoms with E-state index < -0.39 is 0 Å². The van der Waals surface area contributed by atoms with Crippen molar-refractivity contribution in [1.29, 1.82) is 0 Å². The minimum Gasteiger partial charge on any atom is -0.331 e. The molecule has 0 aliphatic carbocycles. The summed E-state index contributed by atoms with van der Waals surface area (Å²) in [7, 11) is 2.04. The standard InChI is InChI=1S/C17H18ClN3/c1-11(19)13-8-7-12(9-14(13)18)10-17-20-15-5-3-4-6-16(15)21(17)2/h3-9,11H,10,19H2,1-2H3. The molecule has 3 rings (SSSR count). The van der Waals surface area contributed by atoms with Gasteiger partial charge in [0.25, 0.3) is 0 Å². The number of benzene rings is 2. The number of para-hydroxylation sites is 2. The lowest BCUT2D eigenvalue weighted by Gasteiger charge is -2.10.